The van der Waals surface area contributed by atoms with Crippen LogP contribution in [0.3, 0.4) is 0 Å². The van der Waals surface area contributed by atoms with Crippen LogP contribution in [0, 0.1) is 0 Å². The second-order valence-corrected chi connectivity index (χ2v) is 5.82. The second-order valence-electron chi connectivity index (χ2n) is 5.00. The summed E-state index contributed by atoms with van der Waals surface area (Å²) in [4.78, 5) is 23.5. The molecular formula is C17H15Cl2N3O2. The fraction of sp³-hybridized carbons (Fsp3) is 0.118. The summed E-state index contributed by atoms with van der Waals surface area (Å²) in [6.07, 6.45) is 1.56. The minimum Gasteiger partial charge on any atom is -0.318 e. The fourth-order valence-corrected chi connectivity index (χ4v) is 2.16. The Morgan fingerprint density at radius 3 is 2.42 bits per heavy atom. The van der Waals surface area contributed by atoms with Crippen molar-refractivity contribution in [3.63, 3.8) is 0 Å². The maximum Gasteiger partial charge on any atom is 0.329 e. The van der Waals surface area contributed by atoms with Crippen molar-refractivity contribution in [3.05, 3.63) is 64.1 Å². The molecule has 0 aliphatic rings. The number of hydrazone groups is 1. The van der Waals surface area contributed by atoms with Crippen LogP contribution in [0.15, 0.2) is 53.6 Å². The Kier molecular flexibility index (Phi) is 6.35. The topological polar surface area (TPSA) is 70.6 Å². The van der Waals surface area contributed by atoms with Gasteiger partial charge < -0.3 is 5.32 Å². The molecule has 2 aromatic rings. The van der Waals surface area contributed by atoms with E-state index in [9.17, 15) is 9.59 Å². The van der Waals surface area contributed by atoms with Crippen LogP contribution in [0.1, 0.15) is 18.4 Å². The third-order valence-corrected chi connectivity index (χ3v) is 3.91. The van der Waals surface area contributed by atoms with E-state index in [1.54, 1.807) is 12.3 Å². The molecule has 2 rings (SSSR count). The Balaban J connectivity index is 1.88. The molecule has 0 saturated heterocycles. The number of nitrogens with one attached hydrogen (secondary N) is 2. The van der Waals surface area contributed by atoms with Gasteiger partial charge in [0.15, 0.2) is 0 Å². The zero-order valence-corrected chi connectivity index (χ0v) is 14.3. The van der Waals surface area contributed by atoms with Crippen LogP contribution in [-0.4, -0.2) is 18.0 Å². The number of nitrogens with zero attached hydrogens (tertiary/aromatic N) is 1. The van der Waals surface area contributed by atoms with Crippen LogP contribution in [0.5, 0.6) is 0 Å². The first kappa shape index (κ1) is 18.0. The number of amides is 2. The molecule has 5 nitrogen and oxygen atoms in total. The summed E-state index contributed by atoms with van der Waals surface area (Å²) in [5.74, 6) is -1.72. The third kappa shape index (κ3) is 5.08. The van der Waals surface area contributed by atoms with Gasteiger partial charge in [0, 0.05) is 17.8 Å². The van der Waals surface area contributed by atoms with E-state index in [-0.39, 0.29) is 10.9 Å². The SMILES string of the molecule is CC(/C=N/NC(=O)C(=O)Nc1ccc(Cl)c(Cl)c1)c1ccccc1. The lowest BCUT2D eigenvalue weighted by atomic mass is 10.0. The average molecular weight is 364 g/mol. The Morgan fingerprint density at radius 2 is 1.75 bits per heavy atom. The van der Waals surface area contributed by atoms with Gasteiger partial charge in [0.25, 0.3) is 0 Å². The van der Waals surface area contributed by atoms with E-state index in [0.29, 0.717) is 10.7 Å². The zero-order chi connectivity index (χ0) is 17.5. The Labute approximate surface area is 149 Å². The van der Waals surface area contributed by atoms with Gasteiger partial charge in [0.1, 0.15) is 0 Å². The standard InChI is InChI=1S/C17H15Cl2N3O2/c1-11(12-5-3-2-4-6-12)10-20-22-17(24)16(23)21-13-7-8-14(18)15(19)9-13/h2-11H,1H3,(H,21,23)(H,22,24)/b20-10+. The minimum absolute atomic E-state index is 0.00429. The van der Waals surface area contributed by atoms with Crippen molar-refractivity contribution >= 4 is 46.9 Å². The largest absolute Gasteiger partial charge is 0.329 e. The highest BCUT2D eigenvalue weighted by Crippen LogP contribution is 2.24. The van der Waals surface area contributed by atoms with Crippen LogP contribution in [0.25, 0.3) is 0 Å². The van der Waals surface area contributed by atoms with Crippen LogP contribution < -0.4 is 10.7 Å². The number of hydrogen-bond acceptors (Lipinski definition) is 3. The predicted molar refractivity (Wildman–Crippen MR) is 96.6 cm³/mol. The van der Waals surface area contributed by atoms with Crippen molar-refractivity contribution in [2.75, 3.05) is 5.32 Å². The van der Waals surface area contributed by atoms with Crippen molar-refractivity contribution in [2.24, 2.45) is 5.10 Å². The number of anilines is 1. The average Bonchev–Trinajstić information content (AvgIpc) is 2.58. The van der Waals surface area contributed by atoms with Gasteiger partial charge in [-0.2, -0.15) is 5.10 Å². The molecule has 0 radical (unpaired) electrons. The Morgan fingerprint density at radius 1 is 1.04 bits per heavy atom. The van der Waals surface area contributed by atoms with Gasteiger partial charge >= 0.3 is 11.8 Å². The predicted octanol–water partition coefficient (Wildman–Crippen LogP) is 3.84. The number of carbonyl (C=O) groups excluding carboxylic acids is 2. The maximum absolute atomic E-state index is 11.8. The summed E-state index contributed by atoms with van der Waals surface area (Å²) < 4.78 is 0. The van der Waals surface area contributed by atoms with Gasteiger partial charge in [-0.3, -0.25) is 9.59 Å². The van der Waals surface area contributed by atoms with E-state index in [2.05, 4.69) is 15.8 Å². The van der Waals surface area contributed by atoms with Crippen LogP contribution in [0.4, 0.5) is 5.69 Å². The van der Waals surface area contributed by atoms with Gasteiger partial charge in [-0.15, -0.1) is 0 Å². The normalized spacial score (nSPS) is 12.0. The van der Waals surface area contributed by atoms with Gasteiger partial charge in [-0.25, -0.2) is 5.43 Å². The molecule has 0 bridgehead atoms. The molecule has 0 aliphatic heterocycles. The molecule has 1 unspecified atom stereocenters. The van der Waals surface area contributed by atoms with Crippen molar-refractivity contribution in [1.29, 1.82) is 0 Å². The molecule has 7 heteroatoms. The molecule has 124 valence electrons. The van der Waals surface area contributed by atoms with E-state index >= 15 is 0 Å². The number of hydrogen-bond donors (Lipinski definition) is 2. The third-order valence-electron chi connectivity index (χ3n) is 3.17. The monoisotopic (exact) mass is 363 g/mol. The fourth-order valence-electron chi connectivity index (χ4n) is 1.86. The summed E-state index contributed by atoms with van der Waals surface area (Å²) >= 11 is 11.6. The minimum atomic E-state index is -0.877. The molecule has 2 N–H and O–H groups in total. The molecule has 0 spiro atoms. The molecular weight excluding hydrogens is 349 g/mol. The van der Waals surface area contributed by atoms with Crippen LogP contribution in [-0.2, 0) is 9.59 Å². The maximum atomic E-state index is 11.8. The lowest BCUT2D eigenvalue weighted by Crippen LogP contribution is -2.32. The van der Waals surface area contributed by atoms with Crippen molar-refractivity contribution < 1.29 is 9.59 Å². The highest BCUT2D eigenvalue weighted by molar-refractivity contribution is 6.42. The van der Waals surface area contributed by atoms with E-state index in [4.69, 9.17) is 23.2 Å². The van der Waals surface area contributed by atoms with E-state index in [0.717, 1.165) is 5.56 Å². The summed E-state index contributed by atoms with van der Waals surface area (Å²) in [6.45, 7) is 1.93. The second kappa shape index (κ2) is 8.47. The van der Waals surface area contributed by atoms with Crippen molar-refractivity contribution in [3.8, 4) is 0 Å². The van der Waals surface area contributed by atoms with Gasteiger partial charge in [0.05, 0.1) is 10.0 Å². The number of benzene rings is 2. The van der Waals surface area contributed by atoms with E-state index in [1.165, 1.54) is 12.1 Å². The summed E-state index contributed by atoms with van der Waals surface area (Å²) in [7, 11) is 0. The van der Waals surface area contributed by atoms with Crippen molar-refractivity contribution in [2.45, 2.75) is 12.8 Å². The Hall–Kier alpha value is -2.37. The Bertz CT molecular complexity index is 764. The molecule has 0 aromatic heterocycles. The van der Waals surface area contributed by atoms with Crippen LogP contribution in [0.2, 0.25) is 10.0 Å². The van der Waals surface area contributed by atoms with E-state index in [1.807, 2.05) is 37.3 Å². The molecule has 0 heterocycles. The highest BCUT2D eigenvalue weighted by Gasteiger charge is 2.13. The lowest BCUT2D eigenvalue weighted by molar-refractivity contribution is -0.136. The molecule has 2 amide bonds. The van der Waals surface area contributed by atoms with Crippen molar-refractivity contribution in [1.82, 2.24) is 5.43 Å². The molecule has 0 fully saturated rings. The first-order valence-corrected chi connectivity index (χ1v) is 7.87. The summed E-state index contributed by atoms with van der Waals surface area (Å²) in [6, 6.07) is 14.2. The van der Waals surface area contributed by atoms with E-state index < -0.39 is 11.8 Å². The molecule has 0 aliphatic carbocycles. The van der Waals surface area contributed by atoms with Gasteiger partial charge in [-0.1, -0.05) is 60.5 Å². The quantitative estimate of drug-likeness (QED) is 0.492. The zero-order valence-electron chi connectivity index (χ0n) is 12.8. The molecule has 1 atom stereocenters. The first-order chi connectivity index (χ1) is 11.5. The van der Waals surface area contributed by atoms with Gasteiger partial charge in [-0.05, 0) is 23.8 Å². The first-order valence-electron chi connectivity index (χ1n) is 7.12. The summed E-state index contributed by atoms with van der Waals surface area (Å²) in [5, 5.41) is 6.86. The molecule has 24 heavy (non-hydrogen) atoms. The van der Waals surface area contributed by atoms with Crippen LogP contribution >= 0.6 is 23.2 Å². The molecule has 0 saturated carbocycles. The number of carbonyl (C=O) groups is 2. The lowest BCUT2D eigenvalue weighted by Gasteiger charge is -2.06. The smallest absolute Gasteiger partial charge is 0.318 e. The highest BCUT2D eigenvalue weighted by atomic mass is 35.5. The summed E-state index contributed by atoms with van der Waals surface area (Å²) in [5.41, 5.74) is 3.61. The van der Waals surface area contributed by atoms with Gasteiger partial charge in [0.2, 0.25) is 0 Å². The number of halogens is 2. The number of rotatable bonds is 4. The molecule has 2 aromatic carbocycles.